The molecule has 14 heavy (non-hydrogen) atoms. The van der Waals surface area contributed by atoms with Crippen molar-refractivity contribution in [1.29, 1.82) is 0 Å². The van der Waals surface area contributed by atoms with Crippen LogP contribution in [0.3, 0.4) is 0 Å². The highest BCUT2D eigenvalue weighted by molar-refractivity contribution is 5.78. The molecule has 0 aromatic rings. The number of nitrogens with zero attached hydrogens (tertiary/aromatic N) is 1. The van der Waals surface area contributed by atoms with Gasteiger partial charge in [0.25, 0.3) is 0 Å². The number of hydrogen-bond acceptors (Lipinski definition) is 3. The Kier molecular flexibility index (Phi) is 4.90. The fourth-order valence-electron chi connectivity index (χ4n) is 1.67. The SMILES string of the molecule is CCCNCC(=O)N1CCC[C@H](O)C1. The van der Waals surface area contributed by atoms with E-state index in [2.05, 4.69) is 12.2 Å². The zero-order chi connectivity index (χ0) is 10.4. The molecule has 0 spiro atoms. The van der Waals surface area contributed by atoms with Gasteiger partial charge in [-0.15, -0.1) is 0 Å². The molecule has 1 aliphatic rings. The third-order valence-electron chi connectivity index (χ3n) is 2.45. The molecule has 1 rings (SSSR count). The molecule has 1 atom stereocenters. The molecule has 1 aliphatic heterocycles. The first-order valence-corrected chi connectivity index (χ1v) is 5.40. The summed E-state index contributed by atoms with van der Waals surface area (Å²) < 4.78 is 0. The molecule has 0 aliphatic carbocycles. The summed E-state index contributed by atoms with van der Waals surface area (Å²) in [4.78, 5) is 13.3. The molecule has 4 nitrogen and oxygen atoms in total. The van der Waals surface area contributed by atoms with Crippen molar-refractivity contribution in [3.05, 3.63) is 0 Å². The van der Waals surface area contributed by atoms with Crippen LogP contribution in [-0.4, -0.2) is 48.2 Å². The van der Waals surface area contributed by atoms with Crippen LogP contribution in [0.25, 0.3) is 0 Å². The largest absolute Gasteiger partial charge is 0.391 e. The van der Waals surface area contributed by atoms with Crippen LogP contribution in [0.5, 0.6) is 0 Å². The lowest BCUT2D eigenvalue weighted by Crippen LogP contribution is -2.45. The second kappa shape index (κ2) is 5.98. The Labute approximate surface area is 85.3 Å². The van der Waals surface area contributed by atoms with Gasteiger partial charge in [-0.25, -0.2) is 0 Å². The Hall–Kier alpha value is -0.610. The molecule has 1 amide bonds. The summed E-state index contributed by atoms with van der Waals surface area (Å²) in [7, 11) is 0. The van der Waals surface area contributed by atoms with Gasteiger partial charge in [0.1, 0.15) is 0 Å². The van der Waals surface area contributed by atoms with E-state index in [0.717, 1.165) is 32.4 Å². The van der Waals surface area contributed by atoms with Gasteiger partial charge in [0, 0.05) is 13.1 Å². The number of piperidine rings is 1. The number of amides is 1. The van der Waals surface area contributed by atoms with Crippen LogP contribution in [-0.2, 0) is 4.79 Å². The van der Waals surface area contributed by atoms with E-state index >= 15 is 0 Å². The first-order chi connectivity index (χ1) is 6.74. The predicted octanol–water partition coefficient (Wildman–Crippen LogP) is -0.0307. The molecule has 82 valence electrons. The lowest BCUT2D eigenvalue weighted by atomic mass is 10.1. The van der Waals surface area contributed by atoms with Crippen LogP contribution in [0.2, 0.25) is 0 Å². The van der Waals surface area contributed by atoms with E-state index in [-0.39, 0.29) is 12.0 Å². The number of nitrogens with one attached hydrogen (secondary N) is 1. The first-order valence-electron chi connectivity index (χ1n) is 5.40. The molecule has 0 bridgehead atoms. The smallest absolute Gasteiger partial charge is 0.236 e. The zero-order valence-corrected chi connectivity index (χ0v) is 8.83. The fraction of sp³-hybridized carbons (Fsp3) is 0.900. The lowest BCUT2D eigenvalue weighted by Gasteiger charge is -2.30. The van der Waals surface area contributed by atoms with Crippen LogP contribution >= 0.6 is 0 Å². The van der Waals surface area contributed by atoms with Crippen molar-refractivity contribution in [2.45, 2.75) is 32.3 Å². The van der Waals surface area contributed by atoms with Gasteiger partial charge in [0.2, 0.25) is 5.91 Å². The Bertz CT molecular complexity index is 185. The molecule has 1 fully saturated rings. The van der Waals surface area contributed by atoms with E-state index in [1.54, 1.807) is 4.90 Å². The molecule has 0 radical (unpaired) electrons. The van der Waals surface area contributed by atoms with Crippen LogP contribution in [0.4, 0.5) is 0 Å². The van der Waals surface area contributed by atoms with Gasteiger partial charge in [0.05, 0.1) is 12.6 Å². The Morgan fingerprint density at radius 3 is 3.07 bits per heavy atom. The van der Waals surface area contributed by atoms with Crippen LogP contribution in [0.15, 0.2) is 0 Å². The quantitative estimate of drug-likeness (QED) is 0.627. The number of carbonyl (C=O) groups is 1. The van der Waals surface area contributed by atoms with Crippen molar-refractivity contribution in [2.75, 3.05) is 26.2 Å². The average Bonchev–Trinajstić information content (AvgIpc) is 2.18. The van der Waals surface area contributed by atoms with Gasteiger partial charge in [-0.3, -0.25) is 4.79 Å². The molecule has 0 aromatic heterocycles. The highest BCUT2D eigenvalue weighted by atomic mass is 16.3. The van der Waals surface area contributed by atoms with E-state index in [1.807, 2.05) is 0 Å². The number of carbonyl (C=O) groups excluding carboxylic acids is 1. The van der Waals surface area contributed by atoms with Crippen molar-refractivity contribution in [3.63, 3.8) is 0 Å². The van der Waals surface area contributed by atoms with Crippen molar-refractivity contribution < 1.29 is 9.90 Å². The number of aliphatic hydroxyl groups is 1. The van der Waals surface area contributed by atoms with E-state index in [0.29, 0.717) is 13.1 Å². The predicted molar refractivity (Wildman–Crippen MR) is 55.0 cm³/mol. The van der Waals surface area contributed by atoms with Gasteiger partial charge >= 0.3 is 0 Å². The first kappa shape index (κ1) is 11.5. The summed E-state index contributed by atoms with van der Waals surface area (Å²) in [6, 6.07) is 0. The molecule has 0 saturated carbocycles. The molecule has 2 N–H and O–H groups in total. The minimum Gasteiger partial charge on any atom is -0.391 e. The standard InChI is InChI=1S/C10H20N2O2/c1-2-5-11-7-10(14)12-6-3-4-9(13)8-12/h9,11,13H,2-8H2,1H3/t9-/m0/s1. The normalized spacial score (nSPS) is 22.4. The van der Waals surface area contributed by atoms with Gasteiger partial charge in [-0.2, -0.15) is 0 Å². The number of β-amino-alcohol motifs (C(OH)–C–C–N with tert-alkyl or cyclic N) is 1. The molecule has 0 aromatic carbocycles. The third kappa shape index (κ3) is 3.64. The molecule has 0 unspecified atom stereocenters. The second-order valence-corrected chi connectivity index (χ2v) is 3.81. The Morgan fingerprint density at radius 2 is 2.43 bits per heavy atom. The Morgan fingerprint density at radius 1 is 1.64 bits per heavy atom. The van der Waals surface area contributed by atoms with Crippen molar-refractivity contribution in [3.8, 4) is 0 Å². The summed E-state index contributed by atoms with van der Waals surface area (Å²) in [6.07, 6.45) is 2.46. The van der Waals surface area contributed by atoms with E-state index in [9.17, 15) is 9.90 Å². The summed E-state index contributed by atoms with van der Waals surface area (Å²) in [6.45, 7) is 4.65. The molecule has 1 saturated heterocycles. The zero-order valence-electron chi connectivity index (χ0n) is 8.83. The van der Waals surface area contributed by atoms with Crippen LogP contribution < -0.4 is 5.32 Å². The summed E-state index contributed by atoms with van der Waals surface area (Å²) in [5.41, 5.74) is 0. The monoisotopic (exact) mass is 200 g/mol. The minimum atomic E-state index is -0.320. The third-order valence-corrected chi connectivity index (χ3v) is 2.45. The fourth-order valence-corrected chi connectivity index (χ4v) is 1.67. The number of aliphatic hydroxyl groups excluding tert-OH is 1. The molecule has 1 heterocycles. The van der Waals surface area contributed by atoms with Gasteiger partial charge in [0.15, 0.2) is 0 Å². The van der Waals surface area contributed by atoms with E-state index < -0.39 is 0 Å². The summed E-state index contributed by atoms with van der Waals surface area (Å²) in [5.74, 6) is 0.109. The van der Waals surface area contributed by atoms with Gasteiger partial charge < -0.3 is 15.3 Å². The summed E-state index contributed by atoms with van der Waals surface area (Å²) >= 11 is 0. The minimum absolute atomic E-state index is 0.109. The highest BCUT2D eigenvalue weighted by Crippen LogP contribution is 2.09. The van der Waals surface area contributed by atoms with Gasteiger partial charge in [-0.1, -0.05) is 6.92 Å². The second-order valence-electron chi connectivity index (χ2n) is 3.81. The maximum absolute atomic E-state index is 11.6. The average molecular weight is 200 g/mol. The maximum Gasteiger partial charge on any atom is 0.236 e. The van der Waals surface area contributed by atoms with Crippen LogP contribution in [0.1, 0.15) is 26.2 Å². The molecular formula is C10H20N2O2. The van der Waals surface area contributed by atoms with Crippen LogP contribution in [0, 0.1) is 0 Å². The van der Waals surface area contributed by atoms with E-state index in [1.165, 1.54) is 0 Å². The maximum atomic E-state index is 11.6. The number of likely N-dealkylation sites (tertiary alicyclic amines) is 1. The summed E-state index contributed by atoms with van der Waals surface area (Å²) in [5, 5.41) is 12.5. The Balaban J connectivity index is 2.22. The number of rotatable bonds is 4. The lowest BCUT2D eigenvalue weighted by molar-refractivity contribution is -0.133. The van der Waals surface area contributed by atoms with Gasteiger partial charge in [-0.05, 0) is 25.8 Å². The number of hydrogen-bond donors (Lipinski definition) is 2. The van der Waals surface area contributed by atoms with Crippen molar-refractivity contribution in [1.82, 2.24) is 10.2 Å². The molecular weight excluding hydrogens is 180 g/mol. The molecule has 4 heteroatoms. The topological polar surface area (TPSA) is 52.6 Å². The van der Waals surface area contributed by atoms with Crippen molar-refractivity contribution >= 4 is 5.91 Å². The highest BCUT2D eigenvalue weighted by Gasteiger charge is 2.21. The van der Waals surface area contributed by atoms with Crippen molar-refractivity contribution in [2.24, 2.45) is 0 Å². The van der Waals surface area contributed by atoms with E-state index in [4.69, 9.17) is 0 Å².